The van der Waals surface area contributed by atoms with Crippen LogP contribution in [-0.2, 0) is 5.41 Å². The van der Waals surface area contributed by atoms with Gasteiger partial charge in [-0.05, 0) is 60.9 Å². The molecule has 0 aliphatic heterocycles. The Morgan fingerprint density at radius 3 is 1.62 bits per heavy atom. The summed E-state index contributed by atoms with van der Waals surface area (Å²) in [4.78, 5) is 0. The van der Waals surface area contributed by atoms with E-state index in [9.17, 15) is 15.3 Å². The van der Waals surface area contributed by atoms with E-state index in [1.807, 2.05) is 43.3 Å². The molecule has 124 valence electrons. The van der Waals surface area contributed by atoms with Gasteiger partial charge in [0.15, 0.2) is 0 Å². The minimum Gasteiger partial charge on any atom is -0.509 e. The molecule has 0 saturated heterocycles. The first kappa shape index (κ1) is 17.4. The van der Waals surface area contributed by atoms with Crippen molar-refractivity contribution in [3.05, 3.63) is 95.8 Å². The standard InChI is InChI=1S/C21H22O3/c1-4-16(6-5-15(2)22)21(3,17-7-11-19(23)12-8-17)18-9-13-20(24)14-10-18/h4-14,22-24H,2H2,1,3H3/b6-5-,16-4+. The highest BCUT2D eigenvalue weighted by Crippen LogP contribution is 2.40. The first-order valence-corrected chi connectivity index (χ1v) is 7.69. The Labute approximate surface area is 142 Å². The molecule has 3 N–H and O–H groups in total. The maximum absolute atomic E-state index is 9.59. The van der Waals surface area contributed by atoms with E-state index in [1.165, 1.54) is 0 Å². The van der Waals surface area contributed by atoms with Crippen LogP contribution in [0.2, 0.25) is 0 Å². The molecule has 2 rings (SSSR count). The molecule has 0 aliphatic carbocycles. The summed E-state index contributed by atoms with van der Waals surface area (Å²) >= 11 is 0. The molecule has 3 nitrogen and oxygen atoms in total. The average Bonchev–Trinajstić information content (AvgIpc) is 2.56. The van der Waals surface area contributed by atoms with Gasteiger partial charge in [-0.25, -0.2) is 0 Å². The zero-order chi connectivity index (χ0) is 17.7. The van der Waals surface area contributed by atoms with Crippen LogP contribution in [0.4, 0.5) is 0 Å². The predicted molar refractivity (Wildman–Crippen MR) is 97.3 cm³/mol. The summed E-state index contributed by atoms with van der Waals surface area (Å²) in [6.45, 7) is 7.48. The molecular weight excluding hydrogens is 300 g/mol. The second-order valence-electron chi connectivity index (χ2n) is 5.79. The van der Waals surface area contributed by atoms with Crippen LogP contribution in [0.25, 0.3) is 0 Å². The molecule has 2 aromatic carbocycles. The second kappa shape index (κ2) is 7.09. The van der Waals surface area contributed by atoms with Gasteiger partial charge < -0.3 is 15.3 Å². The molecular formula is C21H22O3. The number of benzene rings is 2. The van der Waals surface area contributed by atoms with E-state index < -0.39 is 5.41 Å². The third kappa shape index (κ3) is 3.51. The maximum atomic E-state index is 9.59. The predicted octanol–water partition coefficient (Wildman–Crippen LogP) is 4.98. The summed E-state index contributed by atoms with van der Waals surface area (Å²) in [7, 11) is 0. The van der Waals surface area contributed by atoms with Gasteiger partial charge in [0.1, 0.15) is 17.3 Å². The summed E-state index contributed by atoms with van der Waals surface area (Å²) in [5, 5.41) is 28.6. The normalized spacial score (nSPS) is 12.5. The summed E-state index contributed by atoms with van der Waals surface area (Å²) in [5.74, 6) is 0.384. The fourth-order valence-corrected chi connectivity index (χ4v) is 2.83. The lowest BCUT2D eigenvalue weighted by molar-refractivity contribution is 0.435. The summed E-state index contributed by atoms with van der Waals surface area (Å²) in [6.07, 6.45) is 5.34. The Balaban J connectivity index is 2.66. The molecule has 0 fully saturated rings. The average molecular weight is 322 g/mol. The van der Waals surface area contributed by atoms with E-state index in [1.54, 1.807) is 30.3 Å². The smallest absolute Gasteiger partial charge is 0.115 e. The van der Waals surface area contributed by atoms with Crippen molar-refractivity contribution in [1.82, 2.24) is 0 Å². The van der Waals surface area contributed by atoms with Crippen molar-refractivity contribution < 1.29 is 15.3 Å². The van der Waals surface area contributed by atoms with Crippen LogP contribution in [0.5, 0.6) is 11.5 Å². The van der Waals surface area contributed by atoms with E-state index in [2.05, 4.69) is 13.5 Å². The fraction of sp³-hybridized carbons (Fsp3) is 0.143. The fourth-order valence-electron chi connectivity index (χ4n) is 2.83. The van der Waals surface area contributed by atoms with Gasteiger partial charge >= 0.3 is 0 Å². The largest absolute Gasteiger partial charge is 0.509 e. The van der Waals surface area contributed by atoms with Gasteiger partial charge in [0.25, 0.3) is 0 Å². The molecule has 0 heterocycles. The van der Waals surface area contributed by atoms with Crippen molar-refractivity contribution in [3.63, 3.8) is 0 Å². The quantitative estimate of drug-likeness (QED) is 0.537. The van der Waals surface area contributed by atoms with Crippen molar-refractivity contribution in [1.29, 1.82) is 0 Å². The maximum Gasteiger partial charge on any atom is 0.115 e. The Kier molecular flexibility index (Phi) is 5.14. The minimum absolute atomic E-state index is 0.0203. The van der Waals surface area contributed by atoms with E-state index >= 15 is 0 Å². The lowest BCUT2D eigenvalue weighted by Crippen LogP contribution is -2.25. The molecule has 0 aliphatic rings. The molecule has 0 saturated carbocycles. The Morgan fingerprint density at radius 2 is 1.29 bits per heavy atom. The van der Waals surface area contributed by atoms with Crippen LogP contribution in [0.15, 0.2) is 84.7 Å². The SMILES string of the molecule is C=C(O)/C=C\C(=C/C)C(C)(c1ccc(O)cc1)c1ccc(O)cc1. The van der Waals surface area contributed by atoms with Crippen molar-refractivity contribution >= 4 is 0 Å². The highest BCUT2D eigenvalue weighted by Gasteiger charge is 2.31. The van der Waals surface area contributed by atoms with Gasteiger partial charge in [-0.2, -0.15) is 0 Å². The first-order chi connectivity index (χ1) is 11.4. The minimum atomic E-state index is -0.526. The van der Waals surface area contributed by atoms with E-state index in [0.717, 1.165) is 16.7 Å². The monoisotopic (exact) mass is 322 g/mol. The third-order valence-corrected chi connectivity index (χ3v) is 4.23. The lowest BCUT2D eigenvalue weighted by Gasteiger charge is -2.33. The Morgan fingerprint density at radius 1 is 0.875 bits per heavy atom. The third-order valence-electron chi connectivity index (χ3n) is 4.23. The van der Waals surface area contributed by atoms with Crippen LogP contribution in [0, 0.1) is 0 Å². The lowest BCUT2D eigenvalue weighted by atomic mass is 9.70. The molecule has 0 spiro atoms. The number of hydrogen-bond acceptors (Lipinski definition) is 3. The number of aromatic hydroxyl groups is 2. The van der Waals surface area contributed by atoms with Crippen molar-refractivity contribution in [2.45, 2.75) is 19.3 Å². The van der Waals surface area contributed by atoms with E-state index in [4.69, 9.17) is 0 Å². The topological polar surface area (TPSA) is 60.7 Å². The molecule has 0 aromatic heterocycles. The molecule has 0 amide bonds. The Hall–Kier alpha value is -2.94. The van der Waals surface area contributed by atoms with Gasteiger partial charge in [0.2, 0.25) is 0 Å². The van der Waals surface area contributed by atoms with Gasteiger partial charge in [0, 0.05) is 5.41 Å². The number of aliphatic hydroxyl groups excluding tert-OH is 1. The number of phenolic OH excluding ortho intramolecular Hbond substituents is 2. The van der Waals surface area contributed by atoms with Crippen LogP contribution < -0.4 is 0 Å². The number of hydrogen-bond donors (Lipinski definition) is 3. The number of allylic oxidation sites excluding steroid dienone is 4. The Bertz CT molecular complexity index is 720. The van der Waals surface area contributed by atoms with E-state index in [-0.39, 0.29) is 17.3 Å². The van der Waals surface area contributed by atoms with Crippen LogP contribution in [-0.4, -0.2) is 15.3 Å². The zero-order valence-corrected chi connectivity index (χ0v) is 13.9. The van der Waals surface area contributed by atoms with Gasteiger partial charge in [-0.15, -0.1) is 0 Å². The zero-order valence-electron chi connectivity index (χ0n) is 13.9. The van der Waals surface area contributed by atoms with Crippen molar-refractivity contribution in [2.24, 2.45) is 0 Å². The van der Waals surface area contributed by atoms with E-state index in [0.29, 0.717) is 0 Å². The number of phenols is 2. The highest BCUT2D eigenvalue weighted by molar-refractivity contribution is 5.53. The van der Waals surface area contributed by atoms with Gasteiger partial charge in [-0.1, -0.05) is 43.0 Å². The number of aliphatic hydroxyl groups is 1. The summed E-state index contributed by atoms with van der Waals surface area (Å²) in [6, 6.07) is 14.1. The second-order valence-corrected chi connectivity index (χ2v) is 5.79. The van der Waals surface area contributed by atoms with Crippen LogP contribution in [0.3, 0.4) is 0 Å². The van der Waals surface area contributed by atoms with Crippen LogP contribution in [0.1, 0.15) is 25.0 Å². The number of rotatable bonds is 5. The van der Waals surface area contributed by atoms with Gasteiger partial charge in [-0.3, -0.25) is 0 Å². The molecule has 3 heteroatoms. The first-order valence-electron chi connectivity index (χ1n) is 7.69. The van der Waals surface area contributed by atoms with Crippen LogP contribution >= 0.6 is 0 Å². The molecule has 24 heavy (non-hydrogen) atoms. The van der Waals surface area contributed by atoms with Crippen molar-refractivity contribution in [2.75, 3.05) is 0 Å². The molecule has 0 radical (unpaired) electrons. The summed E-state index contributed by atoms with van der Waals surface area (Å²) < 4.78 is 0. The molecule has 0 bridgehead atoms. The molecule has 0 atom stereocenters. The summed E-state index contributed by atoms with van der Waals surface area (Å²) in [5.41, 5.74) is 2.39. The molecule has 2 aromatic rings. The highest BCUT2D eigenvalue weighted by atomic mass is 16.3. The van der Waals surface area contributed by atoms with Crippen molar-refractivity contribution in [3.8, 4) is 11.5 Å². The molecule has 0 unspecified atom stereocenters. The van der Waals surface area contributed by atoms with Gasteiger partial charge in [0.05, 0.1) is 0 Å².